The Kier molecular flexibility index (Phi) is 6.65. The molecule has 0 spiro atoms. The highest BCUT2D eigenvalue weighted by atomic mass is 16.1. The van der Waals surface area contributed by atoms with E-state index in [9.17, 15) is 4.79 Å². The average Bonchev–Trinajstić information content (AvgIpc) is 3.34. The van der Waals surface area contributed by atoms with E-state index in [1.165, 1.54) is 16.5 Å². The second kappa shape index (κ2) is 11.1. The first-order chi connectivity index (χ1) is 22.5. The number of imidazole rings is 1. The maximum absolute atomic E-state index is 12.5. The number of hydrogen-bond acceptors (Lipinski definition) is 3. The number of rotatable bonds is 5. The Morgan fingerprint density at radius 3 is 1.70 bits per heavy atom. The lowest BCUT2D eigenvalue weighted by molar-refractivity contribution is 0.795. The van der Waals surface area contributed by atoms with E-state index < -0.39 is 0 Å². The molecule has 8 aromatic rings. The van der Waals surface area contributed by atoms with Crippen LogP contribution in [-0.4, -0.2) is 19.1 Å². The fourth-order valence-corrected chi connectivity index (χ4v) is 6.36. The van der Waals surface area contributed by atoms with Gasteiger partial charge in [0.1, 0.15) is 0 Å². The summed E-state index contributed by atoms with van der Waals surface area (Å²) in [7, 11) is 3.62. The van der Waals surface area contributed by atoms with Crippen LogP contribution in [0, 0.1) is 0 Å². The van der Waals surface area contributed by atoms with Crippen molar-refractivity contribution in [1.82, 2.24) is 19.1 Å². The highest BCUT2D eigenvalue weighted by molar-refractivity contribution is 6.04. The molecule has 0 unspecified atom stereocenters. The minimum absolute atomic E-state index is 0.0289. The summed E-state index contributed by atoms with van der Waals surface area (Å²) in [6.07, 6.45) is 0. The Hall–Kier alpha value is -6.07. The average molecular weight is 595 g/mol. The van der Waals surface area contributed by atoms with Gasteiger partial charge in [-0.05, 0) is 51.2 Å². The smallest absolute Gasteiger partial charge is 0.295 e. The van der Waals surface area contributed by atoms with Crippen molar-refractivity contribution >= 4 is 21.8 Å². The molecule has 6 aromatic carbocycles. The highest BCUT2D eigenvalue weighted by Crippen LogP contribution is 2.37. The number of nitrogens with zero attached hydrogens (tertiary/aromatic N) is 4. The molecule has 0 N–H and O–H groups in total. The summed E-state index contributed by atoms with van der Waals surface area (Å²) in [5.74, 6) is 0.684. The SMILES string of the molecule is Cn1c(=O)n(C)c2cc(-c3ccc(-c4cc(-c5ccc(-c6ccccc6)c6ccccc56)nc(-c5ccccc5)n4)cc3)ccc21. The van der Waals surface area contributed by atoms with Gasteiger partial charge in [-0.15, -0.1) is 0 Å². The van der Waals surface area contributed by atoms with Crippen molar-refractivity contribution in [3.8, 4) is 56.2 Å². The maximum Gasteiger partial charge on any atom is 0.328 e. The first-order valence-corrected chi connectivity index (χ1v) is 15.3. The van der Waals surface area contributed by atoms with Crippen LogP contribution >= 0.6 is 0 Å². The summed E-state index contributed by atoms with van der Waals surface area (Å²) < 4.78 is 3.37. The molecule has 0 fully saturated rings. The van der Waals surface area contributed by atoms with Gasteiger partial charge in [0.2, 0.25) is 0 Å². The third-order valence-corrected chi connectivity index (χ3v) is 8.83. The number of aryl methyl sites for hydroxylation is 2. The molecular formula is C41H30N4O. The standard InChI is InChI=1S/C41H30N4O/c1-44-38-24-21-31(25-39(38)45(2)41(44)46)27-17-19-29(20-18-27)36-26-37(43-40(42-36)30-13-7-4-8-14-30)35-23-22-32(28-11-5-3-6-12-28)33-15-9-10-16-34(33)35/h3-26H,1-2H3. The van der Waals surface area contributed by atoms with Crippen molar-refractivity contribution in [2.75, 3.05) is 0 Å². The molecule has 0 aliphatic heterocycles. The van der Waals surface area contributed by atoms with Crippen LogP contribution < -0.4 is 5.69 Å². The molecular weight excluding hydrogens is 564 g/mol. The molecule has 0 radical (unpaired) electrons. The molecule has 0 saturated carbocycles. The molecule has 46 heavy (non-hydrogen) atoms. The molecule has 0 amide bonds. The summed E-state index contributed by atoms with van der Waals surface area (Å²) in [6.45, 7) is 0. The van der Waals surface area contributed by atoms with E-state index in [0.717, 1.165) is 55.6 Å². The quantitative estimate of drug-likeness (QED) is 0.200. The fraction of sp³-hybridized carbons (Fsp3) is 0.0488. The zero-order chi connectivity index (χ0) is 31.2. The Morgan fingerprint density at radius 2 is 0.978 bits per heavy atom. The lowest BCUT2D eigenvalue weighted by atomic mass is 9.93. The third-order valence-electron chi connectivity index (χ3n) is 8.83. The van der Waals surface area contributed by atoms with Gasteiger partial charge < -0.3 is 0 Å². The number of hydrogen-bond donors (Lipinski definition) is 0. The molecule has 5 nitrogen and oxygen atoms in total. The van der Waals surface area contributed by atoms with Crippen LogP contribution in [0.15, 0.2) is 150 Å². The molecule has 8 rings (SSSR count). The predicted molar refractivity (Wildman–Crippen MR) is 188 cm³/mol. The number of fused-ring (bicyclic) bond motifs is 2. The molecule has 0 bridgehead atoms. The number of aromatic nitrogens is 4. The Morgan fingerprint density at radius 1 is 0.435 bits per heavy atom. The zero-order valence-electron chi connectivity index (χ0n) is 25.6. The molecule has 0 aliphatic rings. The van der Waals surface area contributed by atoms with Crippen molar-refractivity contribution in [2.24, 2.45) is 14.1 Å². The third kappa shape index (κ3) is 4.70. The molecule has 5 heteroatoms. The van der Waals surface area contributed by atoms with E-state index in [-0.39, 0.29) is 5.69 Å². The number of benzene rings is 6. The zero-order valence-corrected chi connectivity index (χ0v) is 25.6. The van der Waals surface area contributed by atoms with Crippen LogP contribution in [0.4, 0.5) is 0 Å². The molecule has 220 valence electrons. The fourth-order valence-electron chi connectivity index (χ4n) is 6.36. The summed E-state index contributed by atoms with van der Waals surface area (Å²) in [6, 6.07) is 50.3. The van der Waals surface area contributed by atoms with Crippen molar-refractivity contribution in [3.05, 3.63) is 156 Å². The van der Waals surface area contributed by atoms with Crippen molar-refractivity contribution in [1.29, 1.82) is 0 Å². The van der Waals surface area contributed by atoms with Gasteiger partial charge in [0.25, 0.3) is 0 Å². The second-order valence-electron chi connectivity index (χ2n) is 11.6. The highest BCUT2D eigenvalue weighted by Gasteiger charge is 2.15. The second-order valence-corrected chi connectivity index (χ2v) is 11.6. The van der Waals surface area contributed by atoms with Crippen LogP contribution in [0.5, 0.6) is 0 Å². The summed E-state index contributed by atoms with van der Waals surface area (Å²) >= 11 is 0. The maximum atomic E-state index is 12.5. The van der Waals surface area contributed by atoms with Crippen LogP contribution in [0.25, 0.3) is 78.0 Å². The van der Waals surface area contributed by atoms with E-state index in [1.807, 2.05) is 37.4 Å². The Labute approximate surface area is 266 Å². The van der Waals surface area contributed by atoms with Crippen molar-refractivity contribution < 1.29 is 0 Å². The molecule has 2 heterocycles. The van der Waals surface area contributed by atoms with E-state index in [4.69, 9.17) is 9.97 Å². The predicted octanol–water partition coefficient (Wildman–Crippen LogP) is 9.16. The normalized spacial score (nSPS) is 11.3. The lowest BCUT2D eigenvalue weighted by Gasteiger charge is -2.14. The monoisotopic (exact) mass is 594 g/mol. The van der Waals surface area contributed by atoms with Crippen LogP contribution in [0.2, 0.25) is 0 Å². The van der Waals surface area contributed by atoms with Gasteiger partial charge in [-0.1, -0.05) is 127 Å². The van der Waals surface area contributed by atoms with Crippen LogP contribution in [0.3, 0.4) is 0 Å². The molecule has 0 aliphatic carbocycles. The molecule has 2 aromatic heterocycles. The van der Waals surface area contributed by atoms with Gasteiger partial charge in [-0.25, -0.2) is 14.8 Å². The molecule has 0 atom stereocenters. The van der Waals surface area contributed by atoms with Gasteiger partial charge in [-0.2, -0.15) is 0 Å². The van der Waals surface area contributed by atoms with Gasteiger partial charge in [0, 0.05) is 30.8 Å². The first kappa shape index (κ1) is 27.5. The molecule has 0 saturated heterocycles. The summed E-state index contributed by atoms with van der Waals surface area (Å²) in [5, 5.41) is 2.33. The Balaban J connectivity index is 1.25. The largest absolute Gasteiger partial charge is 0.328 e. The van der Waals surface area contributed by atoms with Crippen LogP contribution in [0.1, 0.15) is 0 Å². The summed E-state index contributed by atoms with van der Waals surface area (Å²) in [4.78, 5) is 22.6. The van der Waals surface area contributed by atoms with E-state index in [1.54, 1.807) is 16.2 Å². The summed E-state index contributed by atoms with van der Waals surface area (Å²) in [5.41, 5.74) is 11.1. The van der Waals surface area contributed by atoms with Crippen LogP contribution in [-0.2, 0) is 14.1 Å². The van der Waals surface area contributed by atoms with E-state index >= 15 is 0 Å². The minimum Gasteiger partial charge on any atom is -0.295 e. The first-order valence-electron chi connectivity index (χ1n) is 15.3. The Bertz CT molecular complexity index is 2440. The lowest BCUT2D eigenvalue weighted by Crippen LogP contribution is -2.19. The van der Waals surface area contributed by atoms with Gasteiger partial charge in [0.15, 0.2) is 5.82 Å². The van der Waals surface area contributed by atoms with Crippen molar-refractivity contribution in [2.45, 2.75) is 0 Å². The van der Waals surface area contributed by atoms with Gasteiger partial charge in [-0.3, -0.25) is 9.13 Å². The van der Waals surface area contributed by atoms with E-state index in [0.29, 0.717) is 5.82 Å². The van der Waals surface area contributed by atoms with Gasteiger partial charge >= 0.3 is 5.69 Å². The topological polar surface area (TPSA) is 52.7 Å². The van der Waals surface area contributed by atoms with Crippen molar-refractivity contribution in [3.63, 3.8) is 0 Å². The van der Waals surface area contributed by atoms with Gasteiger partial charge in [0.05, 0.1) is 22.4 Å². The van der Waals surface area contributed by atoms with E-state index in [2.05, 4.69) is 115 Å². The minimum atomic E-state index is -0.0289.